The third-order valence-corrected chi connectivity index (χ3v) is 13.7. The molecule has 11 aromatic rings. The highest BCUT2D eigenvalue weighted by atomic mass is 14.5. The molecular weight excluding hydrogens is 733 g/mol. The van der Waals surface area contributed by atoms with E-state index in [9.17, 15) is 0 Å². The fourth-order valence-corrected chi connectivity index (χ4v) is 11.2. The van der Waals surface area contributed by atoms with Crippen molar-refractivity contribution in [2.45, 2.75) is 5.41 Å². The number of benzene rings is 11. The van der Waals surface area contributed by atoms with Gasteiger partial charge in [-0.05, 0) is 133 Å². The van der Waals surface area contributed by atoms with Crippen molar-refractivity contribution in [1.29, 1.82) is 0 Å². The van der Waals surface area contributed by atoms with Crippen molar-refractivity contribution >= 4 is 32.3 Å². The van der Waals surface area contributed by atoms with E-state index in [0.717, 1.165) is 0 Å². The van der Waals surface area contributed by atoms with Crippen LogP contribution in [-0.2, 0) is 5.41 Å². The SMILES string of the molecule is c1ccc(-c2ccc(-c3ccc4c(c3)C3(c5ccccc5-c5ccccc53)c3cc(-c5ccc(-c6ccccc6)c6ccccc56)c5ccccc5c3-4)c3ccccc23)cc1. The normalized spacial score (nSPS) is 13.0. The Hall–Kier alpha value is -7.80. The second-order valence-corrected chi connectivity index (χ2v) is 16.6. The zero-order chi connectivity index (χ0) is 40.1. The minimum Gasteiger partial charge on any atom is -0.0622 e. The van der Waals surface area contributed by atoms with Crippen LogP contribution in [0.25, 0.3) is 99.1 Å². The molecule has 0 saturated heterocycles. The smallest absolute Gasteiger partial charge is 0.0622 e. The average molecular weight is 771 g/mol. The zero-order valence-corrected chi connectivity index (χ0v) is 33.4. The van der Waals surface area contributed by atoms with Crippen LogP contribution < -0.4 is 0 Å². The van der Waals surface area contributed by atoms with Gasteiger partial charge in [0.05, 0.1) is 5.41 Å². The molecule has 0 atom stereocenters. The molecular formula is C61H38. The summed E-state index contributed by atoms with van der Waals surface area (Å²) in [4.78, 5) is 0. The molecule has 2 aliphatic rings. The van der Waals surface area contributed by atoms with E-state index in [0.29, 0.717) is 0 Å². The van der Waals surface area contributed by atoms with Crippen molar-refractivity contribution < 1.29 is 0 Å². The first-order chi connectivity index (χ1) is 30.3. The molecule has 0 amide bonds. The number of rotatable bonds is 4. The first-order valence-corrected chi connectivity index (χ1v) is 21.3. The Balaban J connectivity index is 1.12. The van der Waals surface area contributed by atoms with Crippen molar-refractivity contribution in [2.24, 2.45) is 0 Å². The molecule has 282 valence electrons. The van der Waals surface area contributed by atoms with Gasteiger partial charge < -0.3 is 0 Å². The van der Waals surface area contributed by atoms with Crippen LogP contribution in [-0.4, -0.2) is 0 Å². The molecule has 0 radical (unpaired) electrons. The highest BCUT2D eigenvalue weighted by molar-refractivity contribution is 6.16. The van der Waals surface area contributed by atoms with E-state index < -0.39 is 5.41 Å². The van der Waals surface area contributed by atoms with Gasteiger partial charge in [0.15, 0.2) is 0 Å². The quantitative estimate of drug-likeness (QED) is 0.167. The van der Waals surface area contributed by atoms with Gasteiger partial charge in [0.1, 0.15) is 0 Å². The molecule has 1 spiro atoms. The molecule has 0 nitrogen and oxygen atoms in total. The molecule has 0 fully saturated rings. The lowest BCUT2D eigenvalue weighted by Gasteiger charge is -2.31. The van der Waals surface area contributed by atoms with Gasteiger partial charge in [-0.25, -0.2) is 0 Å². The Bertz CT molecular complexity index is 3530. The van der Waals surface area contributed by atoms with Crippen molar-refractivity contribution in [3.63, 3.8) is 0 Å². The van der Waals surface area contributed by atoms with Gasteiger partial charge in [0.2, 0.25) is 0 Å². The molecule has 0 N–H and O–H groups in total. The first-order valence-electron chi connectivity index (χ1n) is 21.3. The molecule has 61 heavy (non-hydrogen) atoms. The summed E-state index contributed by atoms with van der Waals surface area (Å²) in [5, 5.41) is 7.62. The third-order valence-electron chi connectivity index (χ3n) is 13.7. The third kappa shape index (κ3) is 4.76. The maximum atomic E-state index is 2.57. The van der Waals surface area contributed by atoms with Crippen molar-refractivity contribution in [3.05, 3.63) is 253 Å². The van der Waals surface area contributed by atoms with E-state index in [2.05, 4.69) is 231 Å². The monoisotopic (exact) mass is 770 g/mol. The van der Waals surface area contributed by atoms with Gasteiger partial charge in [-0.3, -0.25) is 0 Å². The van der Waals surface area contributed by atoms with Gasteiger partial charge in [0.25, 0.3) is 0 Å². The minimum absolute atomic E-state index is 0.522. The lowest BCUT2D eigenvalue weighted by atomic mass is 9.69. The van der Waals surface area contributed by atoms with Crippen LogP contribution in [0.3, 0.4) is 0 Å². The van der Waals surface area contributed by atoms with E-state index in [-0.39, 0.29) is 0 Å². The molecule has 0 saturated carbocycles. The number of hydrogen-bond donors (Lipinski definition) is 0. The second-order valence-electron chi connectivity index (χ2n) is 16.6. The maximum Gasteiger partial charge on any atom is 0.0726 e. The van der Waals surface area contributed by atoms with Crippen molar-refractivity contribution in [1.82, 2.24) is 0 Å². The highest BCUT2D eigenvalue weighted by Crippen LogP contribution is 2.65. The number of hydrogen-bond acceptors (Lipinski definition) is 0. The van der Waals surface area contributed by atoms with Crippen LogP contribution in [0.4, 0.5) is 0 Å². The molecule has 0 bridgehead atoms. The van der Waals surface area contributed by atoms with Crippen LogP contribution in [0.1, 0.15) is 22.3 Å². The molecule has 11 aromatic carbocycles. The lowest BCUT2D eigenvalue weighted by Crippen LogP contribution is -2.26. The van der Waals surface area contributed by atoms with E-state index in [1.165, 1.54) is 121 Å². The van der Waals surface area contributed by atoms with Gasteiger partial charge >= 0.3 is 0 Å². The number of fused-ring (bicyclic) bond motifs is 14. The summed E-state index contributed by atoms with van der Waals surface area (Å²) in [6.45, 7) is 0. The molecule has 0 aliphatic heterocycles. The van der Waals surface area contributed by atoms with Crippen LogP contribution >= 0.6 is 0 Å². The molecule has 0 aromatic heterocycles. The summed E-state index contributed by atoms with van der Waals surface area (Å²) >= 11 is 0. The Morgan fingerprint density at radius 1 is 0.197 bits per heavy atom. The van der Waals surface area contributed by atoms with Crippen molar-refractivity contribution in [3.8, 4) is 66.8 Å². The van der Waals surface area contributed by atoms with E-state index in [1.807, 2.05) is 0 Å². The van der Waals surface area contributed by atoms with E-state index in [4.69, 9.17) is 0 Å². The molecule has 0 heteroatoms. The van der Waals surface area contributed by atoms with Gasteiger partial charge in [0, 0.05) is 0 Å². The fourth-order valence-electron chi connectivity index (χ4n) is 11.2. The highest BCUT2D eigenvalue weighted by Gasteiger charge is 2.52. The molecule has 2 aliphatic carbocycles. The Kier molecular flexibility index (Phi) is 7.32. The molecule has 0 heterocycles. The summed E-state index contributed by atoms with van der Waals surface area (Å²) in [6.07, 6.45) is 0. The average Bonchev–Trinajstić information content (AvgIpc) is 3.80. The standard InChI is InChI=1S/C61H38/c1-3-17-39(18-4-1)42-33-34-44(47-23-8-7-21-45(42)47)41-31-32-54-58(37-41)61(56-29-15-13-26-51(56)52-27-14-16-30-57(52)61)59-38-55(49-25-11-12-28-53(49)60(54)59)50-36-35-43(40-19-5-2-6-20-40)46-22-9-10-24-48(46)50/h1-38H. The summed E-state index contributed by atoms with van der Waals surface area (Å²) in [5.74, 6) is 0. The Labute approximate surface area is 355 Å². The molecule has 0 unspecified atom stereocenters. The summed E-state index contributed by atoms with van der Waals surface area (Å²) in [5.41, 5.74) is 20.1. The summed E-state index contributed by atoms with van der Waals surface area (Å²) in [7, 11) is 0. The second kappa shape index (κ2) is 13.1. The minimum atomic E-state index is -0.522. The van der Waals surface area contributed by atoms with Crippen LogP contribution in [0.15, 0.2) is 231 Å². The van der Waals surface area contributed by atoms with E-state index >= 15 is 0 Å². The largest absolute Gasteiger partial charge is 0.0726 e. The van der Waals surface area contributed by atoms with Gasteiger partial charge in [-0.1, -0.05) is 218 Å². The first kappa shape index (κ1) is 34.1. The van der Waals surface area contributed by atoms with Gasteiger partial charge in [-0.15, -0.1) is 0 Å². The molecule has 13 rings (SSSR count). The van der Waals surface area contributed by atoms with Crippen molar-refractivity contribution in [2.75, 3.05) is 0 Å². The zero-order valence-electron chi connectivity index (χ0n) is 33.4. The topological polar surface area (TPSA) is 0 Å². The lowest BCUT2D eigenvalue weighted by molar-refractivity contribution is 0.795. The maximum absolute atomic E-state index is 2.57. The fraction of sp³-hybridized carbons (Fsp3) is 0.0164. The van der Waals surface area contributed by atoms with E-state index in [1.54, 1.807) is 0 Å². The van der Waals surface area contributed by atoms with Crippen LogP contribution in [0.5, 0.6) is 0 Å². The van der Waals surface area contributed by atoms with Gasteiger partial charge in [-0.2, -0.15) is 0 Å². The summed E-state index contributed by atoms with van der Waals surface area (Å²) in [6, 6.07) is 86.2. The predicted molar refractivity (Wildman–Crippen MR) is 257 cm³/mol. The predicted octanol–water partition coefficient (Wildman–Crippen LogP) is 16.2. The summed E-state index contributed by atoms with van der Waals surface area (Å²) < 4.78 is 0. The Morgan fingerprint density at radius 3 is 1.13 bits per heavy atom. The van der Waals surface area contributed by atoms with Crippen LogP contribution in [0.2, 0.25) is 0 Å². The van der Waals surface area contributed by atoms with Crippen LogP contribution in [0, 0.1) is 0 Å². The Morgan fingerprint density at radius 2 is 0.590 bits per heavy atom.